The molecular weight excluding hydrogens is 184 g/mol. The average molecular weight is 190 g/mol. The van der Waals surface area contributed by atoms with E-state index in [1.807, 2.05) is 6.07 Å². The third kappa shape index (κ3) is 1.29. The van der Waals surface area contributed by atoms with Crippen LogP contribution < -0.4 is 0 Å². The van der Waals surface area contributed by atoms with Crippen LogP contribution in [0.15, 0.2) is 29.0 Å². The van der Waals surface area contributed by atoms with Gasteiger partial charge in [0.15, 0.2) is 0 Å². The summed E-state index contributed by atoms with van der Waals surface area (Å²) in [6, 6.07) is 6.21. The normalized spacial score (nSPS) is 9.58. The fraction of sp³-hybridized carbons (Fsp3) is 0. The van der Waals surface area contributed by atoms with Crippen molar-refractivity contribution in [3.05, 3.63) is 33.8 Å². The molecule has 2 heterocycles. The maximum absolute atomic E-state index is 5.28. The van der Waals surface area contributed by atoms with Gasteiger partial charge in [0.2, 0.25) is 0 Å². The van der Waals surface area contributed by atoms with Gasteiger partial charge in [0, 0.05) is 15.8 Å². The lowest BCUT2D eigenvalue weighted by Crippen LogP contribution is -1.61. The van der Waals surface area contributed by atoms with Gasteiger partial charge in [-0.3, -0.25) is 0 Å². The zero-order chi connectivity index (χ0) is 8.39. The van der Waals surface area contributed by atoms with E-state index in [0.29, 0.717) is 0 Å². The largest absolute Gasteiger partial charge is 0.144 e. The lowest BCUT2D eigenvalue weighted by molar-refractivity contribution is 1.86. The van der Waals surface area contributed by atoms with Crippen molar-refractivity contribution < 1.29 is 0 Å². The second-order valence-corrected chi connectivity index (χ2v) is 4.18. The average Bonchev–Trinajstić information content (AvgIpc) is 2.75. The third-order valence-corrected chi connectivity index (χ3v) is 3.33. The van der Waals surface area contributed by atoms with Crippen LogP contribution in [0.1, 0.15) is 4.88 Å². The van der Waals surface area contributed by atoms with Crippen LogP contribution >= 0.6 is 22.7 Å². The summed E-state index contributed by atoms with van der Waals surface area (Å²) in [7, 11) is 0. The Kier molecular flexibility index (Phi) is 1.99. The van der Waals surface area contributed by atoms with Gasteiger partial charge >= 0.3 is 0 Å². The van der Waals surface area contributed by atoms with E-state index in [2.05, 4.69) is 28.8 Å². The molecule has 2 heteroatoms. The minimum atomic E-state index is 0.999. The number of rotatable bonds is 1. The summed E-state index contributed by atoms with van der Waals surface area (Å²) in [6.45, 7) is 0. The number of hydrogen-bond acceptors (Lipinski definition) is 2. The van der Waals surface area contributed by atoms with E-state index in [4.69, 9.17) is 6.42 Å². The lowest BCUT2D eigenvalue weighted by Gasteiger charge is -1.85. The quantitative estimate of drug-likeness (QED) is 0.604. The molecule has 0 aromatic carbocycles. The molecule has 0 fully saturated rings. The van der Waals surface area contributed by atoms with Crippen molar-refractivity contribution in [3.63, 3.8) is 0 Å². The zero-order valence-electron chi connectivity index (χ0n) is 6.28. The first-order valence-electron chi connectivity index (χ1n) is 3.49. The van der Waals surface area contributed by atoms with Crippen molar-refractivity contribution in [2.45, 2.75) is 0 Å². The molecule has 0 nitrogen and oxygen atoms in total. The standard InChI is InChI=1S/C10H6S2/c1-2-9-6-8(7-12-9)10-4-3-5-11-10/h1,3-7H. The van der Waals surface area contributed by atoms with Crippen molar-refractivity contribution in [1.82, 2.24) is 0 Å². The van der Waals surface area contributed by atoms with Crippen LogP contribution in [-0.4, -0.2) is 0 Å². The molecule has 0 amide bonds. The van der Waals surface area contributed by atoms with E-state index in [9.17, 15) is 0 Å². The summed E-state index contributed by atoms with van der Waals surface area (Å²) < 4.78 is 0. The van der Waals surface area contributed by atoms with E-state index in [1.54, 1.807) is 22.7 Å². The highest BCUT2D eigenvalue weighted by Gasteiger charge is 2.00. The summed E-state index contributed by atoms with van der Waals surface area (Å²) in [6.07, 6.45) is 5.28. The van der Waals surface area contributed by atoms with Crippen LogP contribution in [0.5, 0.6) is 0 Å². The first-order chi connectivity index (χ1) is 5.90. The van der Waals surface area contributed by atoms with Gasteiger partial charge in [-0.15, -0.1) is 29.1 Å². The molecule has 0 radical (unpaired) electrons. The smallest absolute Gasteiger partial charge is 0.0772 e. The fourth-order valence-corrected chi connectivity index (χ4v) is 2.49. The Hall–Kier alpha value is -1.04. The minimum Gasteiger partial charge on any atom is -0.144 e. The first kappa shape index (κ1) is 7.60. The monoisotopic (exact) mass is 190 g/mol. The maximum atomic E-state index is 5.28. The van der Waals surface area contributed by atoms with Crippen LogP contribution in [0.25, 0.3) is 10.4 Å². The molecule has 0 spiro atoms. The predicted octanol–water partition coefficient (Wildman–Crippen LogP) is 3.46. The third-order valence-electron chi connectivity index (χ3n) is 1.55. The summed E-state index contributed by atoms with van der Waals surface area (Å²) in [4.78, 5) is 2.28. The van der Waals surface area contributed by atoms with Crippen LogP contribution in [0.2, 0.25) is 0 Å². The van der Waals surface area contributed by atoms with Crippen molar-refractivity contribution >= 4 is 22.7 Å². The first-order valence-corrected chi connectivity index (χ1v) is 5.25. The van der Waals surface area contributed by atoms with E-state index < -0.39 is 0 Å². The van der Waals surface area contributed by atoms with Gasteiger partial charge in [-0.05, 0) is 17.5 Å². The summed E-state index contributed by atoms with van der Waals surface area (Å²) >= 11 is 3.36. The number of terminal acetylenes is 1. The predicted molar refractivity (Wildman–Crippen MR) is 55.6 cm³/mol. The zero-order valence-corrected chi connectivity index (χ0v) is 7.91. The Bertz CT molecular complexity index is 401. The lowest BCUT2D eigenvalue weighted by atomic mass is 10.2. The van der Waals surface area contributed by atoms with Gasteiger partial charge in [-0.25, -0.2) is 0 Å². The van der Waals surface area contributed by atoms with Crippen LogP contribution in [0, 0.1) is 12.3 Å². The van der Waals surface area contributed by atoms with E-state index in [-0.39, 0.29) is 0 Å². The van der Waals surface area contributed by atoms with Crippen molar-refractivity contribution in [2.75, 3.05) is 0 Å². The second kappa shape index (κ2) is 3.14. The van der Waals surface area contributed by atoms with Crippen LogP contribution in [0.4, 0.5) is 0 Å². The van der Waals surface area contributed by atoms with Crippen molar-refractivity contribution in [1.29, 1.82) is 0 Å². The highest BCUT2D eigenvalue weighted by atomic mass is 32.1. The highest BCUT2D eigenvalue weighted by Crippen LogP contribution is 2.28. The van der Waals surface area contributed by atoms with Crippen molar-refractivity contribution in [3.8, 4) is 22.8 Å². The van der Waals surface area contributed by atoms with Gasteiger partial charge in [0.1, 0.15) is 0 Å². The van der Waals surface area contributed by atoms with Crippen molar-refractivity contribution in [2.24, 2.45) is 0 Å². The van der Waals surface area contributed by atoms with Crippen LogP contribution in [0.3, 0.4) is 0 Å². The summed E-state index contributed by atoms with van der Waals surface area (Å²) in [5.41, 5.74) is 1.24. The van der Waals surface area contributed by atoms with Gasteiger partial charge in [0.25, 0.3) is 0 Å². The van der Waals surface area contributed by atoms with Crippen LogP contribution in [-0.2, 0) is 0 Å². The molecule has 0 aliphatic carbocycles. The molecule has 0 aliphatic heterocycles. The van der Waals surface area contributed by atoms with Gasteiger partial charge < -0.3 is 0 Å². The van der Waals surface area contributed by atoms with E-state index >= 15 is 0 Å². The maximum Gasteiger partial charge on any atom is 0.0772 e. The molecule has 2 rings (SSSR count). The highest BCUT2D eigenvalue weighted by molar-refractivity contribution is 7.14. The molecule has 0 saturated carbocycles. The molecular formula is C10H6S2. The van der Waals surface area contributed by atoms with Gasteiger partial charge in [-0.1, -0.05) is 12.0 Å². The van der Waals surface area contributed by atoms with Gasteiger partial charge in [0.05, 0.1) is 4.88 Å². The minimum absolute atomic E-state index is 0.999. The fourth-order valence-electron chi connectivity index (χ4n) is 0.984. The second-order valence-electron chi connectivity index (χ2n) is 2.32. The molecule has 0 bridgehead atoms. The Labute approximate surface area is 79.5 Å². The topological polar surface area (TPSA) is 0 Å². The Morgan fingerprint density at radius 3 is 2.83 bits per heavy atom. The molecule has 2 aromatic rings. The molecule has 0 aliphatic rings. The molecule has 0 saturated heterocycles. The Balaban J connectivity index is 2.44. The summed E-state index contributed by atoms with van der Waals surface area (Å²) in [5.74, 6) is 2.63. The Morgan fingerprint density at radius 2 is 2.25 bits per heavy atom. The number of hydrogen-bond donors (Lipinski definition) is 0. The molecule has 0 unspecified atom stereocenters. The molecule has 12 heavy (non-hydrogen) atoms. The SMILES string of the molecule is C#Cc1cc(-c2cccs2)cs1. The summed E-state index contributed by atoms with van der Waals surface area (Å²) in [5, 5.41) is 4.17. The van der Waals surface area contributed by atoms with Gasteiger partial charge in [-0.2, -0.15) is 0 Å². The molecule has 58 valence electrons. The van der Waals surface area contributed by atoms with E-state index in [1.165, 1.54) is 10.4 Å². The molecule has 2 aromatic heterocycles. The Morgan fingerprint density at radius 1 is 1.33 bits per heavy atom. The molecule has 0 atom stereocenters. The number of thiophene rings is 2. The van der Waals surface area contributed by atoms with E-state index in [0.717, 1.165) is 4.88 Å². The molecule has 0 N–H and O–H groups in total.